The molecule has 1 aliphatic carbocycles. The molecule has 0 atom stereocenters. The fraction of sp³-hybridized carbons (Fsp3) is 0.269. The predicted molar refractivity (Wildman–Crippen MR) is 120 cm³/mol. The molecule has 0 radical (unpaired) electrons. The lowest BCUT2D eigenvalue weighted by molar-refractivity contribution is -0.113. The van der Waals surface area contributed by atoms with Gasteiger partial charge in [0, 0.05) is 5.57 Å². The second-order valence-electron chi connectivity index (χ2n) is 7.70. The van der Waals surface area contributed by atoms with E-state index in [0.717, 1.165) is 24.0 Å². The maximum Gasteiger partial charge on any atom is 0.251 e. The number of hydrogen-bond donors (Lipinski definition) is 1. The molecule has 0 unspecified atom stereocenters. The molecule has 1 N–H and O–H groups in total. The summed E-state index contributed by atoms with van der Waals surface area (Å²) in [6, 6.07) is 22.3. The van der Waals surface area contributed by atoms with Crippen molar-refractivity contribution in [2.45, 2.75) is 32.1 Å². The molecule has 3 nitrogen and oxygen atoms in total. The Morgan fingerprint density at radius 3 is 2.45 bits per heavy atom. The number of ether oxygens (including phenoxy) is 1. The molecule has 0 aliphatic heterocycles. The van der Waals surface area contributed by atoms with Crippen LogP contribution in [0.25, 0.3) is 16.8 Å². The monoisotopic (exact) mass is 385 g/mol. The van der Waals surface area contributed by atoms with E-state index in [9.17, 15) is 4.79 Å². The average molecular weight is 386 g/mol. The number of hydrogen-bond acceptors (Lipinski definition) is 2. The van der Waals surface area contributed by atoms with E-state index in [2.05, 4.69) is 41.7 Å². The summed E-state index contributed by atoms with van der Waals surface area (Å²) in [5.41, 5.74) is 2.64. The maximum absolute atomic E-state index is 13.3. The number of benzene rings is 3. The molecule has 148 valence electrons. The van der Waals surface area contributed by atoms with Crippen molar-refractivity contribution in [3.8, 4) is 5.75 Å². The summed E-state index contributed by atoms with van der Waals surface area (Å²) in [6.45, 7) is 0. The summed E-state index contributed by atoms with van der Waals surface area (Å²) in [7, 11) is 1.62. The van der Waals surface area contributed by atoms with Gasteiger partial charge in [0.1, 0.15) is 5.75 Å². The maximum atomic E-state index is 13.3. The van der Waals surface area contributed by atoms with Gasteiger partial charge in [-0.05, 0) is 59.4 Å². The zero-order valence-corrected chi connectivity index (χ0v) is 16.9. The van der Waals surface area contributed by atoms with Crippen LogP contribution in [0, 0.1) is 5.92 Å². The van der Waals surface area contributed by atoms with Crippen molar-refractivity contribution in [2.24, 2.45) is 5.92 Å². The van der Waals surface area contributed by atoms with Gasteiger partial charge in [0.2, 0.25) is 0 Å². The Kier molecular flexibility index (Phi) is 5.95. The van der Waals surface area contributed by atoms with Crippen LogP contribution >= 0.6 is 0 Å². The normalized spacial score (nSPS) is 15.3. The van der Waals surface area contributed by atoms with Gasteiger partial charge >= 0.3 is 0 Å². The van der Waals surface area contributed by atoms with Gasteiger partial charge in [-0.1, -0.05) is 67.8 Å². The number of amides is 1. The van der Waals surface area contributed by atoms with Crippen LogP contribution in [-0.4, -0.2) is 13.0 Å². The third-order valence-electron chi connectivity index (χ3n) is 5.76. The molecular formula is C26H27NO2. The van der Waals surface area contributed by atoms with Crippen molar-refractivity contribution in [2.75, 3.05) is 12.4 Å². The number of anilines is 1. The lowest BCUT2D eigenvalue weighted by Crippen LogP contribution is -2.22. The molecule has 1 fully saturated rings. The predicted octanol–water partition coefficient (Wildman–Crippen LogP) is 6.45. The van der Waals surface area contributed by atoms with E-state index in [-0.39, 0.29) is 5.91 Å². The van der Waals surface area contributed by atoms with Crippen LogP contribution in [-0.2, 0) is 4.79 Å². The molecule has 0 spiro atoms. The van der Waals surface area contributed by atoms with E-state index >= 15 is 0 Å². The highest BCUT2D eigenvalue weighted by Crippen LogP contribution is 2.33. The number of nitrogens with one attached hydrogen (secondary N) is 1. The van der Waals surface area contributed by atoms with Crippen LogP contribution in [0.2, 0.25) is 0 Å². The van der Waals surface area contributed by atoms with Gasteiger partial charge in [-0.25, -0.2) is 0 Å². The van der Waals surface area contributed by atoms with Gasteiger partial charge in [-0.15, -0.1) is 0 Å². The topological polar surface area (TPSA) is 38.3 Å². The molecule has 4 rings (SSSR count). The Balaban J connectivity index is 1.68. The highest BCUT2D eigenvalue weighted by atomic mass is 16.5. The average Bonchev–Trinajstić information content (AvgIpc) is 2.78. The Labute approximate surface area is 172 Å². The molecule has 1 aliphatic rings. The third-order valence-corrected chi connectivity index (χ3v) is 5.76. The lowest BCUT2D eigenvalue weighted by Gasteiger charge is -2.24. The molecule has 0 heterocycles. The van der Waals surface area contributed by atoms with E-state index in [1.54, 1.807) is 7.11 Å². The first-order chi connectivity index (χ1) is 14.2. The van der Waals surface area contributed by atoms with Crippen molar-refractivity contribution in [1.82, 2.24) is 0 Å². The molecular weight excluding hydrogens is 358 g/mol. The minimum Gasteiger partial charge on any atom is -0.495 e. The smallest absolute Gasteiger partial charge is 0.251 e. The molecule has 0 aromatic heterocycles. The Bertz CT molecular complexity index is 1030. The highest BCUT2D eigenvalue weighted by molar-refractivity contribution is 6.08. The number of carbonyl (C=O) groups excluding carboxylic acids is 1. The highest BCUT2D eigenvalue weighted by Gasteiger charge is 2.24. The summed E-state index contributed by atoms with van der Waals surface area (Å²) >= 11 is 0. The van der Waals surface area contributed by atoms with Gasteiger partial charge in [-0.2, -0.15) is 0 Å². The van der Waals surface area contributed by atoms with Crippen LogP contribution in [0.1, 0.15) is 37.7 Å². The van der Waals surface area contributed by atoms with Gasteiger partial charge in [0.05, 0.1) is 12.8 Å². The minimum absolute atomic E-state index is 0.0328. The molecule has 0 saturated heterocycles. The molecule has 3 aromatic rings. The number of methoxy groups -OCH3 is 1. The summed E-state index contributed by atoms with van der Waals surface area (Å²) in [5, 5.41) is 5.48. The zero-order valence-electron chi connectivity index (χ0n) is 16.9. The van der Waals surface area contributed by atoms with Crippen molar-refractivity contribution < 1.29 is 9.53 Å². The lowest BCUT2D eigenvalue weighted by atomic mass is 9.82. The number of fused-ring (bicyclic) bond motifs is 1. The van der Waals surface area contributed by atoms with Crippen molar-refractivity contribution in [3.05, 3.63) is 77.9 Å². The van der Waals surface area contributed by atoms with Gasteiger partial charge < -0.3 is 10.1 Å². The van der Waals surface area contributed by atoms with Crippen LogP contribution in [0.5, 0.6) is 5.75 Å². The SMILES string of the molecule is COc1ccccc1NC(=O)/C(=C/c1ccc2ccccc2c1)C1CCCCC1. The summed E-state index contributed by atoms with van der Waals surface area (Å²) in [6.07, 6.45) is 7.84. The second kappa shape index (κ2) is 8.95. The zero-order chi connectivity index (χ0) is 20.1. The summed E-state index contributed by atoms with van der Waals surface area (Å²) < 4.78 is 5.40. The number of para-hydroxylation sites is 2. The van der Waals surface area contributed by atoms with Crippen LogP contribution in [0.3, 0.4) is 0 Å². The fourth-order valence-corrected chi connectivity index (χ4v) is 4.20. The standard InChI is InChI=1S/C26H27NO2/c1-29-25-14-8-7-13-24(25)27-26(28)23(21-10-3-2-4-11-21)18-19-15-16-20-9-5-6-12-22(20)17-19/h5-9,12-18,21H,2-4,10-11H2,1H3,(H,27,28)/b23-18+. The molecule has 29 heavy (non-hydrogen) atoms. The number of carbonyl (C=O) groups is 1. The third kappa shape index (κ3) is 4.51. The van der Waals surface area contributed by atoms with Crippen LogP contribution in [0.15, 0.2) is 72.3 Å². The fourth-order valence-electron chi connectivity index (χ4n) is 4.20. The van der Waals surface area contributed by atoms with E-state index in [1.165, 1.54) is 30.0 Å². The van der Waals surface area contributed by atoms with E-state index < -0.39 is 0 Å². The van der Waals surface area contributed by atoms with Gasteiger partial charge in [0.25, 0.3) is 5.91 Å². The van der Waals surface area contributed by atoms with E-state index in [1.807, 2.05) is 36.4 Å². The first-order valence-electron chi connectivity index (χ1n) is 10.4. The van der Waals surface area contributed by atoms with Crippen LogP contribution in [0.4, 0.5) is 5.69 Å². The van der Waals surface area contributed by atoms with Crippen molar-refractivity contribution in [3.63, 3.8) is 0 Å². The Hall–Kier alpha value is -3.07. The quantitative estimate of drug-likeness (QED) is 0.513. The Morgan fingerprint density at radius 2 is 1.66 bits per heavy atom. The largest absolute Gasteiger partial charge is 0.495 e. The first kappa shape index (κ1) is 19.3. The summed E-state index contributed by atoms with van der Waals surface area (Å²) in [4.78, 5) is 13.3. The molecule has 3 aromatic carbocycles. The van der Waals surface area contributed by atoms with Crippen molar-refractivity contribution >= 4 is 28.4 Å². The number of rotatable bonds is 5. The van der Waals surface area contributed by atoms with E-state index in [4.69, 9.17) is 4.74 Å². The van der Waals surface area contributed by atoms with Crippen LogP contribution < -0.4 is 10.1 Å². The molecule has 1 saturated carbocycles. The molecule has 3 heteroatoms. The van der Waals surface area contributed by atoms with E-state index in [0.29, 0.717) is 17.4 Å². The molecule has 0 bridgehead atoms. The first-order valence-corrected chi connectivity index (χ1v) is 10.4. The second-order valence-corrected chi connectivity index (χ2v) is 7.70. The van der Waals surface area contributed by atoms with Gasteiger partial charge in [0.15, 0.2) is 0 Å². The summed E-state index contributed by atoms with van der Waals surface area (Å²) in [5.74, 6) is 0.939. The van der Waals surface area contributed by atoms with Gasteiger partial charge in [-0.3, -0.25) is 4.79 Å². The molecule has 1 amide bonds. The van der Waals surface area contributed by atoms with Crippen molar-refractivity contribution in [1.29, 1.82) is 0 Å². The Morgan fingerprint density at radius 1 is 0.931 bits per heavy atom. The minimum atomic E-state index is -0.0328.